The van der Waals surface area contributed by atoms with Crippen LogP contribution in [0.4, 0.5) is 9.18 Å². The van der Waals surface area contributed by atoms with Crippen LogP contribution < -0.4 is 5.32 Å². The summed E-state index contributed by atoms with van der Waals surface area (Å²) in [6.07, 6.45) is 1.12. The van der Waals surface area contributed by atoms with Crippen molar-refractivity contribution in [3.63, 3.8) is 0 Å². The summed E-state index contributed by atoms with van der Waals surface area (Å²) in [6, 6.07) is 2.66. The van der Waals surface area contributed by atoms with Crippen LogP contribution in [-0.4, -0.2) is 42.1 Å². The van der Waals surface area contributed by atoms with E-state index in [0.717, 1.165) is 12.8 Å². The average Bonchev–Trinajstić information content (AvgIpc) is 2.54. The van der Waals surface area contributed by atoms with Gasteiger partial charge in [-0.3, -0.25) is 4.79 Å². The van der Waals surface area contributed by atoms with Gasteiger partial charge in [0.2, 0.25) is 0 Å². The predicted molar refractivity (Wildman–Crippen MR) is 107 cm³/mol. The number of nitrogens with zero attached hydrogens (tertiary/aromatic N) is 1. The summed E-state index contributed by atoms with van der Waals surface area (Å²) in [7, 11) is 0. The highest BCUT2D eigenvalue weighted by molar-refractivity contribution is 14.1. The number of ether oxygens (including phenoxy) is 1. The average molecular weight is 497 g/mol. The van der Waals surface area contributed by atoms with Crippen LogP contribution in [0.1, 0.15) is 44.0 Å². The van der Waals surface area contributed by atoms with Gasteiger partial charge >= 0.3 is 6.09 Å². The quantitative estimate of drug-likeness (QED) is 0.497. The highest BCUT2D eigenvalue weighted by Gasteiger charge is 2.26. The zero-order valence-corrected chi connectivity index (χ0v) is 18.0. The number of rotatable bonds is 3. The summed E-state index contributed by atoms with van der Waals surface area (Å²) in [5, 5.41) is 2.91. The Bertz CT molecular complexity index is 686. The molecule has 0 atom stereocenters. The molecule has 0 bridgehead atoms. The second-order valence-corrected chi connectivity index (χ2v) is 8.93. The van der Waals surface area contributed by atoms with Gasteiger partial charge in [0.05, 0.1) is 10.6 Å². The second kappa shape index (κ2) is 8.73. The van der Waals surface area contributed by atoms with E-state index in [1.54, 1.807) is 4.90 Å². The SMILES string of the molecule is CC(C)(C)OC(=O)NCC1CCN(C(=O)c2cc(I)c(F)cc2Cl)CC1. The van der Waals surface area contributed by atoms with Crippen molar-refractivity contribution in [1.82, 2.24) is 10.2 Å². The molecule has 0 saturated carbocycles. The monoisotopic (exact) mass is 496 g/mol. The van der Waals surface area contributed by atoms with Gasteiger partial charge < -0.3 is 15.0 Å². The molecule has 2 rings (SSSR count). The predicted octanol–water partition coefficient (Wildman–Crippen LogP) is 4.46. The van der Waals surface area contributed by atoms with Gasteiger partial charge in [-0.15, -0.1) is 0 Å². The lowest BCUT2D eigenvalue weighted by molar-refractivity contribution is 0.0500. The summed E-state index contributed by atoms with van der Waals surface area (Å²) < 4.78 is 19.1. The zero-order chi connectivity index (χ0) is 19.5. The number of nitrogens with one attached hydrogen (secondary N) is 1. The van der Waals surface area contributed by atoms with E-state index in [-0.39, 0.29) is 16.8 Å². The number of carbonyl (C=O) groups is 2. The molecule has 0 radical (unpaired) electrons. The molecule has 1 aromatic rings. The highest BCUT2D eigenvalue weighted by Crippen LogP contribution is 2.25. The number of hydrogen-bond donors (Lipinski definition) is 1. The second-order valence-electron chi connectivity index (χ2n) is 7.36. The fourth-order valence-corrected chi connectivity index (χ4v) is 3.44. The van der Waals surface area contributed by atoms with E-state index in [0.29, 0.717) is 28.8 Å². The van der Waals surface area contributed by atoms with Crippen molar-refractivity contribution in [1.29, 1.82) is 0 Å². The first-order chi connectivity index (χ1) is 12.1. The van der Waals surface area contributed by atoms with E-state index in [2.05, 4.69) is 5.32 Å². The van der Waals surface area contributed by atoms with Crippen molar-refractivity contribution in [2.75, 3.05) is 19.6 Å². The van der Waals surface area contributed by atoms with Crippen molar-refractivity contribution >= 4 is 46.2 Å². The van der Waals surface area contributed by atoms with Crippen LogP contribution in [0.3, 0.4) is 0 Å². The third-order valence-electron chi connectivity index (χ3n) is 4.08. The Labute approximate surface area is 171 Å². The van der Waals surface area contributed by atoms with Crippen LogP contribution in [0.15, 0.2) is 12.1 Å². The highest BCUT2D eigenvalue weighted by atomic mass is 127. The molecule has 1 heterocycles. The number of halogens is 3. The normalized spacial score (nSPS) is 15.7. The van der Waals surface area contributed by atoms with E-state index >= 15 is 0 Å². The Morgan fingerprint density at radius 2 is 1.96 bits per heavy atom. The first-order valence-electron chi connectivity index (χ1n) is 8.47. The summed E-state index contributed by atoms with van der Waals surface area (Å²) >= 11 is 7.87. The Kier molecular flexibility index (Phi) is 7.12. The Balaban J connectivity index is 1.85. The molecule has 2 amide bonds. The van der Waals surface area contributed by atoms with Crippen LogP contribution in [-0.2, 0) is 4.74 Å². The van der Waals surface area contributed by atoms with Gasteiger partial charge in [-0.25, -0.2) is 9.18 Å². The number of carbonyl (C=O) groups excluding carboxylic acids is 2. The van der Waals surface area contributed by atoms with Crippen molar-refractivity contribution in [3.8, 4) is 0 Å². The zero-order valence-electron chi connectivity index (χ0n) is 15.1. The molecule has 0 aliphatic carbocycles. The van der Waals surface area contributed by atoms with Gasteiger partial charge in [-0.05, 0) is 74.3 Å². The molecule has 1 fully saturated rings. The Morgan fingerprint density at radius 1 is 1.35 bits per heavy atom. The first-order valence-corrected chi connectivity index (χ1v) is 9.93. The number of alkyl carbamates (subject to hydrolysis) is 1. The molecule has 26 heavy (non-hydrogen) atoms. The molecule has 0 spiro atoms. The summed E-state index contributed by atoms with van der Waals surface area (Å²) in [5.74, 6) is -0.332. The fraction of sp³-hybridized carbons (Fsp3) is 0.556. The third-order valence-corrected chi connectivity index (χ3v) is 5.22. The fourth-order valence-electron chi connectivity index (χ4n) is 2.74. The van der Waals surface area contributed by atoms with E-state index in [1.807, 2.05) is 43.4 Å². The third kappa shape index (κ3) is 5.97. The van der Waals surface area contributed by atoms with Gasteiger partial charge in [0, 0.05) is 23.2 Å². The molecule has 0 aromatic heterocycles. The maximum Gasteiger partial charge on any atom is 0.407 e. The molecule has 1 saturated heterocycles. The number of piperidine rings is 1. The van der Waals surface area contributed by atoms with Crippen molar-refractivity contribution in [3.05, 3.63) is 32.1 Å². The number of likely N-dealkylation sites (tertiary alicyclic amines) is 1. The van der Waals surface area contributed by atoms with Crippen LogP contribution in [0.2, 0.25) is 5.02 Å². The number of hydrogen-bond acceptors (Lipinski definition) is 3. The molecular weight excluding hydrogens is 474 g/mol. The van der Waals surface area contributed by atoms with Gasteiger partial charge in [0.25, 0.3) is 5.91 Å². The lowest BCUT2D eigenvalue weighted by Gasteiger charge is -2.32. The molecular formula is C18H23ClFIN2O3. The van der Waals surface area contributed by atoms with E-state index in [9.17, 15) is 14.0 Å². The lowest BCUT2D eigenvalue weighted by atomic mass is 9.96. The summed E-state index contributed by atoms with van der Waals surface area (Å²) in [5.41, 5.74) is -0.200. The standard InChI is InChI=1S/C18H23ClFIN2O3/c1-18(2,3)26-17(25)22-10-11-4-6-23(7-5-11)16(24)12-8-15(21)14(20)9-13(12)19/h8-9,11H,4-7,10H2,1-3H3,(H,22,25). The Morgan fingerprint density at radius 3 is 2.54 bits per heavy atom. The van der Waals surface area contributed by atoms with E-state index in [1.165, 1.54) is 12.1 Å². The summed E-state index contributed by atoms with van der Waals surface area (Å²) in [4.78, 5) is 26.1. The topological polar surface area (TPSA) is 58.6 Å². The largest absolute Gasteiger partial charge is 0.444 e. The van der Waals surface area contributed by atoms with Crippen LogP contribution in [0.5, 0.6) is 0 Å². The van der Waals surface area contributed by atoms with Crippen molar-refractivity contribution in [2.24, 2.45) is 5.92 Å². The summed E-state index contributed by atoms with van der Waals surface area (Å²) in [6.45, 7) is 7.12. The molecule has 144 valence electrons. The van der Waals surface area contributed by atoms with Crippen molar-refractivity contribution in [2.45, 2.75) is 39.2 Å². The minimum absolute atomic E-state index is 0.127. The van der Waals surface area contributed by atoms with E-state index < -0.39 is 17.5 Å². The lowest BCUT2D eigenvalue weighted by Crippen LogP contribution is -2.42. The van der Waals surface area contributed by atoms with Gasteiger partial charge in [-0.2, -0.15) is 0 Å². The van der Waals surface area contributed by atoms with Gasteiger partial charge in [-0.1, -0.05) is 11.6 Å². The number of amides is 2. The Hall–Kier alpha value is -1.09. The van der Waals surface area contributed by atoms with Crippen LogP contribution in [0.25, 0.3) is 0 Å². The molecule has 1 aliphatic heterocycles. The number of benzene rings is 1. The maximum atomic E-state index is 13.5. The molecule has 1 N–H and O–H groups in total. The molecule has 8 heteroatoms. The van der Waals surface area contributed by atoms with Gasteiger partial charge in [0.1, 0.15) is 11.4 Å². The molecule has 1 aliphatic rings. The minimum Gasteiger partial charge on any atom is -0.444 e. The van der Waals surface area contributed by atoms with Gasteiger partial charge in [0.15, 0.2) is 0 Å². The minimum atomic E-state index is -0.522. The van der Waals surface area contributed by atoms with E-state index in [4.69, 9.17) is 16.3 Å². The van der Waals surface area contributed by atoms with Crippen molar-refractivity contribution < 1.29 is 18.7 Å². The maximum absolute atomic E-state index is 13.5. The smallest absolute Gasteiger partial charge is 0.407 e. The molecule has 1 aromatic carbocycles. The first kappa shape index (κ1) is 21.2. The molecule has 5 nitrogen and oxygen atoms in total. The molecule has 0 unspecified atom stereocenters. The van der Waals surface area contributed by atoms with Crippen LogP contribution in [0, 0.1) is 15.3 Å². The van der Waals surface area contributed by atoms with Crippen LogP contribution >= 0.6 is 34.2 Å².